The van der Waals surface area contributed by atoms with E-state index < -0.39 is 0 Å². The van der Waals surface area contributed by atoms with Crippen LogP contribution in [0.5, 0.6) is 11.5 Å². The van der Waals surface area contributed by atoms with E-state index in [-0.39, 0.29) is 12.1 Å². The van der Waals surface area contributed by atoms with E-state index in [1.165, 1.54) is 12.8 Å². The minimum atomic E-state index is -0.181. The van der Waals surface area contributed by atoms with Crippen LogP contribution in [0.1, 0.15) is 24.8 Å². The molecule has 0 unspecified atom stereocenters. The minimum absolute atomic E-state index is 0.0901. The third-order valence-electron chi connectivity index (χ3n) is 5.23. The molecule has 6 heteroatoms. The second kappa shape index (κ2) is 8.43. The fraction of sp³-hybridized carbons (Fsp3) is 0.632. The van der Waals surface area contributed by atoms with E-state index in [1.807, 2.05) is 23.1 Å². The molecule has 1 aromatic carbocycles. The molecule has 1 amide bonds. The van der Waals surface area contributed by atoms with Crippen molar-refractivity contribution in [2.24, 2.45) is 5.92 Å². The quantitative estimate of drug-likeness (QED) is 0.820. The second-order valence-electron chi connectivity index (χ2n) is 6.80. The van der Waals surface area contributed by atoms with E-state index in [9.17, 15) is 4.79 Å². The van der Waals surface area contributed by atoms with Gasteiger partial charge in [-0.2, -0.15) is 0 Å². The number of hydrogen-bond donors (Lipinski definition) is 1. The fourth-order valence-electron chi connectivity index (χ4n) is 3.70. The standard InChI is InChI=1S/C19H28N2O4/c1-23-17-4-3-15(12-18(17)24-2)11-16-13-25-19(22)21(16)10-7-14-5-8-20-9-6-14/h3-4,12,14,16,20H,5-11,13H2,1-2H3/t16-/m0/s1. The average molecular weight is 348 g/mol. The summed E-state index contributed by atoms with van der Waals surface area (Å²) in [6.45, 7) is 3.41. The van der Waals surface area contributed by atoms with Crippen molar-refractivity contribution >= 4 is 6.09 Å². The fourth-order valence-corrected chi connectivity index (χ4v) is 3.70. The minimum Gasteiger partial charge on any atom is -0.493 e. The summed E-state index contributed by atoms with van der Waals surface area (Å²) < 4.78 is 16.0. The van der Waals surface area contributed by atoms with E-state index in [1.54, 1.807) is 14.2 Å². The highest BCUT2D eigenvalue weighted by Gasteiger charge is 2.33. The molecule has 2 heterocycles. The van der Waals surface area contributed by atoms with Crippen molar-refractivity contribution in [3.63, 3.8) is 0 Å². The van der Waals surface area contributed by atoms with Crippen LogP contribution in [-0.4, -0.2) is 57.5 Å². The van der Waals surface area contributed by atoms with Gasteiger partial charge in [-0.1, -0.05) is 6.07 Å². The lowest BCUT2D eigenvalue weighted by Crippen LogP contribution is -2.37. The van der Waals surface area contributed by atoms with E-state index in [0.29, 0.717) is 24.0 Å². The Bertz CT molecular complexity index is 587. The van der Waals surface area contributed by atoms with Crippen LogP contribution in [0.4, 0.5) is 4.79 Å². The monoisotopic (exact) mass is 348 g/mol. The number of ether oxygens (including phenoxy) is 3. The van der Waals surface area contributed by atoms with Crippen LogP contribution in [-0.2, 0) is 11.2 Å². The summed E-state index contributed by atoms with van der Waals surface area (Å²) in [5, 5.41) is 3.39. The van der Waals surface area contributed by atoms with Crippen LogP contribution in [0.2, 0.25) is 0 Å². The molecule has 0 saturated carbocycles. The molecule has 1 atom stereocenters. The van der Waals surface area contributed by atoms with Crippen molar-refractivity contribution in [3.05, 3.63) is 23.8 Å². The number of benzene rings is 1. The van der Waals surface area contributed by atoms with E-state index in [4.69, 9.17) is 14.2 Å². The van der Waals surface area contributed by atoms with Gasteiger partial charge in [-0.05, 0) is 62.4 Å². The van der Waals surface area contributed by atoms with Gasteiger partial charge >= 0.3 is 6.09 Å². The first-order chi connectivity index (χ1) is 12.2. The smallest absolute Gasteiger partial charge is 0.410 e. The highest BCUT2D eigenvalue weighted by atomic mass is 16.6. The number of rotatable bonds is 7. The van der Waals surface area contributed by atoms with E-state index in [0.717, 1.165) is 38.0 Å². The van der Waals surface area contributed by atoms with Gasteiger partial charge in [-0.25, -0.2) is 4.79 Å². The lowest BCUT2D eigenvalue weighted by molar-refractivity contribution is 0.154. The summed E-state index contributed by atoms with van der Waals surface area (Å²) in [4.78, 5) is 14.0. The zero-order chi connectivity index (χ0) is 17.6. The van der Waals surface area contributed by atoms with Crippen molar-refractivity contribution in [3.8, 4) is 11.5 Å². The Morgan fingerprint density at radius 1 is 1.20 bits per heavy atom. The number of nitrogens with zero attached hydrogens (tertiary/aromatic N) is 1. The van der Waals surface area contributed by atoms with Crippen LogP contribution in [0.25, 0.3) is 0 Å². The van der Waals surface area contributed by atoms with Crippen molar-refractivity contribution in [1.82, 2.24) is 10.2 Å². The predicted molar refractivity (Wildman–Crippen MR) is 95.3 cm³/mol. The Labute approximate surface area is 149 Å². The van der Waals surface area contributed by atoms with E-state index in [2.05, 4.69) is 5.32 Å². The summed E-state index contributed by atoms with van der Waals surface area (Å²) in [5.41, 5.74) is 1.12. The zero-order valence-electron chi connectivity index (χ0n) is 15.1. The van der Waals surface area contributed by atoms with Crippen LogP contribution < -0.4 is 14.8 Å². The van der Waals surface area contributed by atoms with Crippen LogP contribution >= 0.6 is 0 Å². The van der Waals surface area contributed by atoms with Crippen molar-refractivity contribution < 1.29 is 19.0 Å². The number of carbonyl (C=O) groups excluding carboxylic acids is 1. The van der Waals surface area contributed by atoms with Crippen LogP contribution in [0, 0.1) is 5.92 Å². The van der Waals surface area contributed by atoms with Gasteiger partial charge in [0.05, 0.1) is 20.3 Å². The summed E-state index contributed by atoms with van der Waals surface area (Å²) in [5.74, 6) is 2.13. The predicted octanol–water partition coefficient (Wildman–Crippen LogP) is 2.46. The summed E-state index contributed by atoms with van der Waals surface area (Å²) in [6, 6.07) is 6.00. The van der Waals surface area contributed by atoms with Crippen molar-refractivity contribution in [2.45, 2.75) is 31.7 Å². The number of methoxy groups -OCH3 is 2. The average Bonchev–Trinajstić information content (AvgIpc) is 3.00. The summed E-state index contributed by atoms with van der Waals surface area (Å²) in [6.07, 6.45) is 4.03. The zero-order valence-corrected chi connectivity index (χ0v) is 15.1. The molecule has 3 rings (SSSR count). The molecule has 0 aliphatic carbocycles. The Morgan fingerprint density at radius 3 is 2.68 bits per heavy atom. The number of amides is 1. The molecule has 6 nitrogen and oxygen atoms in total. The number of nitrogens with one attached hydrogen (secondary N) is 1. The van der Waals surface area contributed by atoms with Gasteiger partial charge in [0, 0.05) is 6.54 Å². The van der Waals surface area contributed by atoms with Crippen LogP contribution in [0.15, 0.2) is 18.2 Å². The third kappa shape index (κ3) is 4.37. The van der Waals surface area contributed by atoms with E-state index >= 15 is 0 Å². The molecule has 0 bridgehead atoms. The first-order valence-electron chi connectivity index (χ1n) is 9.06. The van der Waals surface area contributed by atoms with Gasteiger partial charge in [-0.15, -0.1) is 0 Å². The Kier molecular flexibility index (Phi) is 6.02. The Hall–Kier alpha value is -1.95. The molecule has 138 valence electrons. The molecule has 25 heavy (non-hydrogen) atoms. The summed E-state index contributed by atoms with van der Waals surface area (Å²) in [7, 11) is 3.26. The second-order valence-corrected chi connectivity index (χ2v) is 6.80. The Morgan fingerprint density at radius 2 is 1.96 bits per heavy atom. The van der Waals surface area contributed by atoms with Gasteiger partial charge in [0.2, 0.25) is 0 Å². The molecule has 1 N–H and O–H groups in total. The van der Waals surface area contributed by atoms with Crippen molar-refractivity contribution in [1.29, 1.82) is 0 Å². The van der Waals surface area contributed by atoms with Gasteiger partial charge in [0.15, 0.2) is 11.5 Å². The van der Waals surface area contributed by atoms with Gasteiger partial charge < -0.3 is 24.4 Å². The molecule has 1 aromatic rings. The molecule has 2 saturated heterocycles. The summed E-state index contributed by atoms with van der Waals surface area (Å²) >= 11 is 0. The number of piperidine rings is 1. The molecule has 0 radical (unpaired) electrons. The highest BCUT2D eigenvalue weighted by molar-refractivity contribution is 5.70. The molecule has 2 fully saturated rings. The maximum Gasteiger partial charge on any atom is 0.410 e. The lowest BCUT2D eigenvalue weighted by atomic mass is 9.94. The topological polar surface area (TPSA) is 60.0 Å². The highest BCUT2D eigenvalue weighted by Crippen LogP contribution is 2.29. The number of hydrogen-bond acceptors (Lipinski definition) is 5. The molecule has 0 spiro atoms. The Balaban J connectivity index is 1.61. The number of cyclic esters (lactones) is 1. The SMILES string of the molecule is COc1ccc(C[C@H]2COC(=O)N2CCC2CCNCC2)cc1OC. The molecule has 0 aromatic heterocycles. The maximum absolute atomic E-state index is 12.1. The maximum atomic E-state index is 12.1. The normalized spacial score (nSPS) is 21.3. The first kappa shape index (κ1) is 17.9. The molecule has 2 aliphatic heterocycles. The largest absolute Gasteiger partial charge is 0.493 e. The molecular formula is C19H28N2O4. The lowest BCUT2D eigenvalue weighted by Gasteiger charge is -2.27. The number of carbonyl (C=O) groups is 1. The molecular weight excluding hydrogens is 320 g/mol. The van der Waals surface area contributed by atoms with Gasteiger partial charge in [0.25, 0.3) is 0 Å². The van der Waals surface area contributed by atoms with Gasteiger partial charge in [-0.3, -0.25) is 0 Å². The molecule has 2 aliphatic rings. The van der Waals surface area contributed by atoms with Gasteiger partial charge in [0.1, 0.15) is 6.61 Å². The van der Waals surface area contributed by atoms with Crippen LogP contribution in [0.3, 0.4) is 0 Å². The first-order valence-corrected chi connectivity index (χ1v) is 9.06. The third-order valence-corrected chi connectivity index (χ3v) is 5.23. The van der Waals surface area contributed by atoms with Crippen molar-refractivity contribution in [2.75, 3.05) is 40.5 Å².